The van der Waals surface area contributed by atoms with Crippen LogP contribution in [0.5, 0.6) is 0 Å². The van der Waals surface area contributed by atoms with Crippen molar-refractivity contribution in [2.75, 3.05) is 6.54 Å². The Labute approximate surface area is 180 Å². The maximum Gasteiger partial charge on any atom is 0.267 e. The first-order valence-corrected chi connectivity index (χ1v) is 10.1. The summed E-state index contributed by atoms with van der Waals surface area (Å²) in [5.74, 6) is 0.322. The molecule has 156 valence electrons. The average Bonchev–Trinajstić information content (AvgIpc) is 3.34. The van der Waals surface area contributed by atoms with Crippen LogP contribution in [0.2, 0.25) is 0 Å². The van der Waals surface area contributed by atoms with E-state index in [9.17, 15) is 9.59 Å². The van der Waals surface area contributed by atoms with Gasteiger partial charge in [0.2, 0.25) is 5.91 Å². The van der Waals surface area contributed by atoms with Gasteiger partial charge in [0.1, 0.15) is 6.54 Å². The van der Waals surface area contributed by atoms with Crippen molar-refractivity contribution in [1.29, 1.82) is 0 Å². The van der Waals surface area contributed by atoms with Crippen LogP contribution in [0.4, 0.5) is 0 Å². The molecule has 0 unspecified atom stereocenters. The predicted octanol–water partition coefficient (Wildman–Crippen LogP) is 2.70. The van der Waals surface area contributed by atoms with Crippen molar-refractivity contribution in [1.82, 2.24) is 24.5 Å². The van der Waals surface area contributed by atoms with Gasteiger partial charge in [0.05, 0.1) is 0 Å². The number of hydrogen-bond donors (Lipinski definition) is 0. The number of carbonyl (C=O) groups excluding carboxylic acids is 1. The molecule has 2 aromatic carbocycles. The van der Waals surface area contributed by atoms with Crippen LogP contribution in [0.15, 0.2) is 96.1 Å². The molecule has 7 nitrogen and oxygen atoms in total. The molecule has 0 bridgehead atoms. The quantitative estimate of drug-likeness (QED) is 0.445. The smallest absolute Gasteiger partial charge is 0.267 e. The molecule has 2 aromatic heterocycles. The molecule has 1 amide bonds. The lowest BCUT2D eigenvalue weighted by Gasteiger charge is -2.23. The lowest BCUT2D eigenvalue weighted by molar-refractivity contribution is -0.132. The zero-order valence-electron chi connectivity index (χ0n) is 17.0. The first kappa shape index (κ1) is 20.3. The summed E-state index contributed by atoms with van der Waals surface area (Å²) >= 11 is 0. The largest absolute Gasteiger partial charge is 0.336 e. The van der Waals surface area contributed by atoms with E-state index in [2.05, 4.69) is 10.2 Å². The van der Waals surface area contributed by atoms with Gasteiger partial charge in [0.15, 0.2) is 5.82 Å². The molecule has 0 aliphatic carbocycles. The number of aromatic nitrogens is 4. The third-order valence-corrected chi connectivity index (χ3v) is 4.96. The molecule has 4 aromatic rings. The van der Waals surface area contributed by atoms with Crippen molar-refractivity contribution in [2.24, 2.45) is 0 Å². The molecule has 0 radical (unpaired) electrons. The van der Waals surface area contributed by atoms with Gasteiger partial charge < -0.3 is 4.90 Å². The Balaban J connectivity index is 1.53. The summed E-state index contributed by atoms with van der Waals surface area (Å²) < 4.78 is 2.75. The third kappa shape index (κ3) is 5.33. The fourth-order valence-electron chi connectivity index (χ4n) is 3.31. The lowest BCUT2D eigenvalue weighted by Crippen LogP contribution is -2.38. The van der Waals surface area contributed by atoms with Crippen LogP contribution in [0.3, 0.4) is 0 Å². The highest BCUT2D eigenvalue weighted by molar-refractivity contribution is 5.76. The molecule has 0 N–H and O–H groups in total. The molecule has 0 aliphatic heterocycles. The van der Waals surface area contributed by atoms with E-state index in [0.717, 1.165) is 17.5 Å². The molecular weight excluding hydrogens is 390 g/mol. The van der Waals surface area contributed by atoms with E-state index < -0.39 is 0 Å². The monoisotopic (exact) mass is 413 g/mol. The molecule has 0 aliphatic rings. The second-order valence-corrected chi connectivity index (χ2v) is 7.17. The minimum absolute atomic E-state index is 0.129. The van der Waals surface area contributed by atoms with Crippen molar-refractivity contribution >= 4 is 5.91 Å². The summed E-state index contributed by atoms with van der Waals surface area (Å²) in [6.45, 7) is 0.890. The Morgan fingerprint density at radius 3 is 2.26 bits per heavy atom. The molecular formula is C24H23N5O2. The van der Waals surface area contributed by atoms with E-state index in [-0.39, 0.29) is 18.0 Å². The molecule has 0 saturated heterocycles. The molecule has 0 saturated carbocycles. The van der Waals surface area contributed by atoms with Crippen molar-refractivity contribution in [3.63, 3.8) is 0 Å². The van der Waals surface area contributed by atoms with E-state index >= 15 is 0 Å². The lowest BCUT2D eigenvalue weighted by atomic mass is 10.1. The number of hydrogen-bond acceptors (Lipinski definition) is 4. The minimum atomic E-state index is -0.327. The topological polar surface area (TPSA) is 73.0 Å². The highest BCUT2D eigenvalue weighted by Gasteiger charge is 2.16. The molecule has 4 rings (SSSR count). The maximum atomic E-state index is 13.2. The first-order valence-electron chi connectivity index (χ1n) is 10.1. The highest BCUT2D eigenvalue weighted by atomic mass is 16.2. The van der Waals surface area contributed by atoms with Crippen LogP contribution in [0.25, 0.3) is 5.82 Å². The number of benzene rings is 2. The number of nitrogens with zero attached hydrogens (tertiary/aromatic N) is 5. The van der Waals surface area contributed by atoms with Crippen LogP contribution in [-0.2, 0) is 24.3 Å². The second kappa shape index (κ2) is 9.67. The average molecular weight is 413 g/mol. The first-order chi connectivity index (χ1) is 15.2. The van der Waals surface area contributed by atoms with E-state index in [1.807, 2.05) is 60.7 Å². The normalized spacial score (nSPS) is 10.7. The minimum Gasteiger partial charge on any atom is -0.336 e. The fourth-order valence-corrected chi connectivity index (χ4v) is 3.31. The van der Waals surface area contributed by atoms with Gasteiger partial charge in [0, 0.05) is 31.5 Å². The van der Waals surface area contributed by atoms with Gasteiger partial charge in [-0.25, -0.2) is 9.36 Å². The van der Waals surface area contributed by atoms with Crippen LogP contribution in [0.1, 0.15) is 11.1 Å². The van der Waals surface area contributed by atoms with Crippen LogP contribution in [0, 0.1) is 0 Å². The summed E-state index contributed by atoms with van der Waals surface area (Å²) in [4.78, 5) is 27.3. The SMILES string of the molecule is O=C(Cn1nc(-n2cccn2)ccc1=O)N(CCc1ccccc1)Cc1ccccc1. The third-order valence-electron chi connectivity index (χ3n) is 4.96. The summed E-state index contributed by atoms with van der Waals surface area (Å²) in [6, 6.07) is 24.6. The molecule has 2 heterocycles. The Kier molecular flexibility index (Phi) is 6.32. The fraction of sp³-hybridized carbons (Fsp3) is 0.167. The predicted molar refractivity (Wildman–Crippen MR) is 118 cm³/mol. The number of amides is 1. The molecule has 0 fully saturated rings. The maximum absolute atomic E-state index is 13.2. The van der Waals surface area contributed by atoms with Gasteiger partial charge in [-0.3, -0.25) is 9.59 Å². The van der Waals surface area contributed by atoms with Crippen LogP contribution >= 0.6 is 0 Å². The van der Waals surface area contributed by atoms with Crippen LogP contribution < -0.4 is 5.56 Å². The Hall–Kier alpha value is -4.00. The van der Waals surface area contributed by atoms with Gasteiger partial charge in [-0.05, 0) is 29.7 Å². The summed E-state index contributed by atoms with van der Waals surface area (Å²) in [5, 5.41) is 8.45. The van der Waals surface area contributed by atoms with E-state index in [1.165, 1.54) is 10.7 Å². The Morgan fingerprint density at radius 2 is 1.58 bits per heavy atom. The highest BCUT2D eigenvalue weighted by Crippen LogP contribution is 2.09. The van der Waals surface area contributed by atoms with Gasteiger partial charge in [-0.1, -0.05) is 60.7 Å². The summed E-state index contributed by atoms with van der Waals surface area (Å²) in [5.41, 5.74) is 1.87. The molecule has 0 atom stereocenters. The molecule has 7 heteroatoms. The van der Waals surface area contributed by atoms with Crippen molar-refractivity contribution in [3.8, 4) is 5.82 Å². The van der Waals surface area contributed by atoms with Crippen molar-refractivity contribution in [2.45, 2.75) is 19.5 Å². The Morgan fingerprint density at radius 1 is 0.871 bits per heavy atom. The van der Waals surface area contributed by atoms with E-state index in [1.54, 1.807) is 34.1 Å². The summed E-state index contributed by atoms with van der Waals surface area (Å²) in [6.07, 6.45) is 4.10. The van der Waals surface area contributed by atoms with Gasteiger partial charge in [-0.15, -0.1) is 5.10 Å². The molecule has 0 spiro atoms. The second-order valence-electron chi connectivity index (χ2n) is 7.17. The van der Waals surface area contributed by atoms with Gasteiger partial charge >= 0.3 is 0 Å². The van der Waals surface area contributed by atoms with E-state index in [4.69, 9.17) is 0 Å². The van der Waals surface area contributed by atoms with Crippen molar-refractivity contribution < 1.29 is 4.79 Å². The summed E-state index contributed by atoms with van der Waals surface area (Å²) in [7, 11) is 0. The Bertz CT molecular complexity index is 1170. The molecule has 31 heavy (non-hydrogen) atoms. The zero-order chi connectivity index (χ0) is 21.5. The van der Waals surface area contributed by atoms with Gasteiger partial charge in [-0.2, -0.15) is 5.10 Å². The van der Waals surface area contributed by atoms with E-state index in [0.29, 0.717) is 18.9 Å². The van der Waals surface area contributed by atoms with Crippen molar-refractivity contribution in [3.05, 3.63) is 113 Å². The standard InChI is InChI=1S/C24H23N5O2/c30-23-13-12-22(28-16-7-15-25-28)26-29(23)19-24(31)27(18-21-10-5-2-6-11-21)17-14-20-8-3-1-4-9-20/h1-13,15-16H,14,17-19H2. The zero-order valence-corrected chi connectivity index (χ0v) is 17.0. The van der Waals surface area contributed by atoms with Crippen LogP contribution in [-0.4, -0.2) is 36.9 Å². The number of carbonyl (C=O) groups is 1. The number of rotatable bonds is 8. The van der Waals surface area contributed by atoms with Gasteiger partial charge in [0.25, 0.3) is 5.56 Å².